The molecule has 0 spiro atoms. The van der Waals surface area contributed by atoms with Crippen LogP contribution in [-0.2, 0) is 28.6 Å². The maximum Gasteiger partial charge on any atom is 0.306 e. The van der Waals surface area contributed by atoms with Crippen LogP contribution in [0.25, 0.3) is 0 Å². The van der Waals surface area contributed by atoms with Crippen molar-refractivity contribution in [3.63, 3.8) is 0 Å². The molecule has 79 heavy (non-hydrogen) atoms. The lowest BCUT2D eigenvalue weighted by molar-refractivity contribution is -0.167. The van der Waals surface area contributed by atoms with Crippen LogP contribution < -0.4 is 0 Å². The number of ether oxygens (including phenoxy) is 3. The van der Waals surface area contributed by atoms with Crippen molar-refractivity contribution < 1.29 is 28.6 Å². The van der Waals surface area contributed by atoms with Crippen LogP contribution in [0.2, 0.25) is 0 Å². The second-order valence-corrected chi connectivity index (χ2v) is 20.2. The molecule has 0 radical (unpaired) electrons. The van der Waals surface area contributed by atoms with Gasteiger partial charge >= 0.3 is 17.9 Å². The largest absolute Gasteiger partial charge is 0.462 e. The van der Waals surface area contributed by atoms with Crippen LogP contribution in [0.1, 0.15) is 252 Å². The molecule has 1 atom stereocenters. The van der Waals surface area contributed by atoms with Gasteiger partial charge in [-0.1, -0.05) is 255 Å². The summed E-state index contributed by atoms with van der Waals surface area (Å²) in [4.78, 5) is 38.2. The average molecular weight is 1090 g/mol. The Hall–Kier alpha value is -5.23. The van der Waals surface area contributed by atoms with Crippen molar-refractivity contribution in [2.45, 2.75) is 258 Å². The topological polar surface area (TPSA) is 78.9 Å². The zero-order valence-electron chi connectivity index (χ0n) is 50.6. The van der Waals surface area contributed by atoms with Crippen molar-refractivity contribution in [1.82, 2.24) is 0 Å². The Bertz CT molecular complexity index is 1820. The molecule has 0 N–H and O–H groups in total. The van der Waals surface area contributed by atoms with Crippen LogP contribution >= 0.6 is 0 Å². The summed E-state index contributed by atoms with van der Waals surface area (Å²) in [7, 11) is 0. The first-order chi connectivity index (χ1) is 39.0. The van der Waals surface area contributed by atoms with Crippen LogP contribution in [0.15, 0.2) is 170 Å². The fourth-order valence-corrected chi connectivity index (χ4v) is 7.99. The number of allylic oxidation sites excluding steroid dienone is 28. The van der Waals surface area contributed by atoms with E-state index in [1.54, 1.807) is 0 Å². The maximum atomic E-state index is 12.9. The minimum Gasteiger partial charge on any atom is -0.462 e. The highest BCUT2D eigenvalue weighted by Gasteiger charge is 2.19. The Morgan fingerprint density at radius 1 is 0.266 bits per heavy atom. The molecule has 0 amide bonds. The van der Waals surface area contributed by atoms with Crippen LogP contribution in [0.3, 0.4) is 0 Å². The van der Waals surface area contributed by atoms with Gasteiger partial charge in [0.2, 0.25) is 0 Å². The van der Waals surface area contributed by atoms with Crippen molar-refractivity contribution in [2.24, 2.45) is 0 Å². The van der Waals surface area contributed by atoms with E-state index in [9.17, 15) is 14.4 Å². The molecule has 0 aromatic carbocycles. The molecule has 0 fully saturated rings. The smallest absolute Gasteiger partial charge is 0.306 e. The number of hydrogen-bond donors (Lipinski definition) is 0. The van der Waals surface area contributed by atoms with Gasteiger partial charge in [-0.15, -0.1) is 0 Å². The fraction of sp³-hybridized carbons (Fsp3) is 0.575. The number of carbonyl (C=O) groups excluding carboxylic acids is 3. The van der Waals surface area contributed by atoms with Gasteiger partial charge in [0.1, 0.15) is 13.2 Å². The van der Waals surface area contributed by atoms with Gasteiger partial charge in [0.25, 0.3) is 0 Å². The molecule has 1 unspecified atom stereocenters. The van der Waals surface area contributed by atoms with E-state index in [1.165, 1.54) is 44.9 Å². The van der Waals surface area contributed by atoms with Gasteiger partial charge in [-0.05, 0) is 148 Å². The standard InChI is InChI=1S/C73H114O6/c1-4-7-10-13-16-19-22-24-26-28-29-30-31-32-33-34-35-36-37-38-39-40-41-42-43-45-46-48-51-54-57-60-63-66-72(75)78-69-70(68-77-71(74)65-62-59-56-53-50-21-18-15-12-9-6-3)79-73(76)67-64-61-58-55-52-49-47-44-27-25-23-20-17-14-11-8-5-2/h7-8,10-11,15-20,24-27,29-30,32-33,35-36,38-39,41-42,45-46,51,54,70H,4-6,9,12-14,21-23,28,31,34,37,40,43-44,47-50,52-53,55-69H2,1-3H3/b10-7-,11-8-,18-15-,19-16-,20-17-,26-24-,27-25-,30-29-,33-32-,36-35-,39-38-,42-41-,46-45-,54-51-. The van der Waals surface area contributed by atoms with Crippen molar-refractivity contribution in [3.05, 3.63) is 170 Å². The molecule has 0 aliphatic heterocycles. The number of rotatable bonds is 55. The van der Waals surface area contributed by atoms with Crippen LogP contribution in [0.4, 0.5) is 0 Å². The summed E-state index contributed by atoms with van der Waals surface area (Å²) >= 11 is 0. The second kappa shape index (κ2) is 65.3. The van der Waals surface area contributed by atoms with E-state index in [2.05, 4.69) is 191 Å². The van der Waals surface area contributed by atoms with E-state index in [1.807, 2.05) is 0 Å². The molecule has 0 bridgehead atoms. The van der Waals surface area contributed by atoms with Gasteiger partial charge < -0.3 is 14.2 Å². The van der Waals surface area contributed by atoms with Gasteiger partial charge in [0, 0.05) is 19.3 Å². The number of esters is 3. The van der Waals surface area contributed by atoms with Crippen LogP contribution in [0.5, 0.6) is 0 Å². The molecule has 0 heterocycles. The van der Waals surface area contributed by atoms with E-state index >= 15 is 0 Å². The highest BCUT2D eigenvalue weighted by atomic mass is 16.6. The minimum absolute atomic E-state index is 0.107. The van der Waals surface area contributed by atoms with Crippen molar-refractivity contribution in [2.75, 3.05) is 13.2 Å². The Labute approximate surface area is 485 Å². The SMILES string of the molecule is CC/C=C\C/C=C\C/C=C\C/C=C\C/C=C\C/C=C\C/C=C\C/C=C\C/C=C\C/C=C\CCCCC(=O)OCC(COC(=O)CCCCCCC/C=C\CCCC)OC(=O)CCCCCCCCC/C=C\C/C=C\C/C=C\CC. The normalized spacial score (nSPS) is 13.3. The third-order valence-corrected chi connectivity index (χ3v) is 12.7. The highest BCUT2D eigenvalue weighted by Crippen LogP contribution is 2.14. The van der Waals surface area contributed by atoms with E-state index < -0.39 is 6.10 Å². The molecule has 6 heteroatoms. The summed E-state index contributed by atoms with van der Waals surface area (Å²) in [5.41, 5.74) is 0. The lowest BCUT2D eigenvalue weighted by atomic mass is 10.1. The van der Waals surface area contributed by atoms with E-state index in [0.29, 0.717) is 25.7 Å². The minimum atomic E-state index is -0.813. The quantitative estimate of drug-likeness (QED) is 0.0261. The van der Waals surface area contributed by atoms with Crippen molar-refractivity contribution in [3.8, 4) is 0 Å². The predicted octanol–water partition coefficient (Wildman–Crippen LogP) is 21.9. The fourth-order valence-electron chi connectivity index (χ4n) is 7.99. The number of hydrogen-bond acceptors (Lipinski definition) is 6. The Morgan fingerprint density at radius 3 is 0.810 bits per heavy atom. The highest BCUT2D eigenvalue weighted by molar-refractivity contribution is 5.71. The first kappa shape index (κ1) is 73.8. The summed E-state index contributed by atoms with van der Waals surface area (Å²) in [6, 6.07) is 0. The molecule has 0 saturated heterocycles. The maximum absolute atomic E-state index is 12.9. The first-order valence-electron chi connectivity index (χ1n) is 31.6. The van der Waals surface area contributed by atoms with Gasteiger partial charge in [0.05, 0.1) is 0 Å². The van der Waals surface area contributed by atoms with Gasteiger partial charge in [-0.3, -0.25) is 14.4 Å². The molecule has 0 aliphatic rings. The zero-order chi connectivity index (χ0) is 57.1. The predicted molar refractivity (Wildman–Crippen MR) is 343 cm³/mol. The van der Waals surface area contributed by atoms with E-state index in [0.717, 1.165) is 161 Å². The molecule has 442 valence electrons. The summed E-state index contributed by atoms with van der Waals surface area (Å²) in [6.45, 7) is 6.31. The third-order valence-electron chi connectivity index (χ3n) is 12.7. The summed E-state index contributed by atoms with van der Waals surface area (Å²) in [5, 5.41) is 0. The summed E-state index contributed by atoms with van der Waals surface area (Å²) < 4.78 is 16.8. The molecule has 0 aromatic rings. The van der Waals surface area contributed by atoms with E-state index in [4.69, 9.17) is 14.2 Å². The zero-order valence-corrected chi connectivity index (χ0v) is 50.6. The van der Waals surface area contributed by atoms with Gasteiger partial charge in [0.15, 0.2) is 6.10 Å². The molecule has 6 nitrogen and oxygen atoms in total. The molecular weight excluding hydrogens is 973 g/mol. The van der Waals surface area contributed by atoms with E-state index in [-0.39, 0.29) is 31.1 Å². The number of carbonyl (C=O) groups is 3. The molecule has 0 aromatic heterocycles. The molecular formula is C73H114O6. The Morgan fingerprint density at radius 2 is 0.494 bits per heavy atom. The Balaban J connectivity index is 4.38. The molecule has 0 saturated carbocycles. The van der Waals surface area contributed by atoms with Crippen molar-refractivity contribution in [1.29, 1.82) is 0 Å². The molecule has 0 rings (SSSR count). The summed E-state index contributed by atoms with van der Waals surface area (Å²) in [5.74, 6) is -0.979. The van der Waals surface area contributed by atoms with Crippen molar-refractivity contribution >= 4 is 17.9 Å². The lowest BCUT2D eigenvalue weighted by Gasteiger charge is -2.18. The number of unbranched alkanes of at least 4 members (excludes halogenated alkanes) is 16. The molecule has 0 aliphatic carbocycles. The first-order valence-corrected chi connectivity index (χ1v) is 31.6. The van der Waals surface area contributed by atoms with Gasteiger partial charge in [-0.25, -0.2) is 0 Å². The van der Waals surface area contributed by atoms with Gasteiger partial charge in [-0.2, -0.15) is 0 Å². The lowest BCUT2D eigenvalue weighted by Crippen LogP contribution is -2.30. The van der Waals surface area contributed by atoms with Crippen LogP contribution in [-0.4, -0.2) is 37.2 Å². The average Bonchev–Trinajstić information content (AvgIpc) is 3.45. The van der Waals surface area contributed by atoms with Crippen LogP contribution in [0, 0.1) is 0 Å². The monoisotopic (exact) mass is 1090 g/mol. The second-order valence-electron chi connectivity index (χ2n) is 20.2. The third kappa shape index (κ3) is 63.5. The summed E-state index contributed by atoms with van der Waals surface area (Å²) in [6.07, 6.45) is 96.5. The Kier molecular flexibility index (Phi) is 61.0.